The Hall–Kier alpha value is -1.85. The maximum atomic E-state index is 15.8. The van der Waals surface area contributed by atoms with Crippen molar-refractivity contribution in [1.82, 2.24) is 0 Å². The van der Waals surface area contributed by atoms with Crippen molar-refractivity contribution < 1.29 is 47.4 Å². The Morgan fingerprint density at radius 2 is 1.89 bits per heavy atom. The van der Waals surface area contributed by atoms with Gasteiger partial charge in [-0.1, -0.05) is 6.92 Å². The normalized spacial score (nSPS) is 41.1. The third-order valence-corrected chi connectivity index (χ3v) is 8.61. The summed E-state index contributed by atoms with van der Waals surface area (Å²) in [7, 11) is 2.63. The van der Waals surface area contributed by atoms with Gasteiger partial charge in [-0.25, -0.2) is 9.78 Å². The maximum absolute atomic E-state index is 15.8. The number of methoxy groups -OCH3 is 2. The lowest BCUT2D eigenvalue weighted by molar-refractivity contribution is -0.541. The predicted octanol–water partition coefficient (Wildman–Crippen LogP) is 3.89. The molecule has 10 heteroatoms. The number of ketones is 1. The summed E-state index contributed by atoms with van der Waals surface area (Å²) in [5, 5.41) is 11.2. The van der Waals surface area contributed by atoms with Crippen LogP contribution < -0.4 is 9.47 Å². The van der Waals surface area contributed by atoms with Crippen molar-refractivity contribution in [3.05, 3.63) is 23.8 Å². The fraction of sp³-hybridized carbons (Fsp3) is 0.720. The summed E-state index contributed by atoms with van der Waals surface area (Å²) in [5.74, 6) is -7.29. The Morgan fingerprint density at radius 3 is 2.57 bits per heavy atom. The number of aliphatic hydroxyl groups excluding tert-OH is 1. The van der Waals surface area contributed by atoms with Crippen molar-refractivity contribution >= 4 is 5.78 Å². The van der Waals surface area contributed by atoms with Crippen molar-refractivity contribution in [2.75, 3.05) is 14.2 Å². The minimum Gasteiger partial charge on any atom is -0.497 e. The highest BCUT2D eigenvalue weighted by Gasteiger charge is 2.77. The van der Waals surface area contributed by atoms with Gasteiger partial charge in [0.25, 0.3) is 0 Å². The van der Waals surface area contributed by atoms with Gasteiger partial charge in [0.2, 0.25) is 11.6 Å². The van der Waals surface area contributed by atoms with Gasteiger partial charge >= 0.3 is 5.92 Å². The fourth-order valence-corrected chi connectivity index (χ4v) is 6.66. The third kappa shape index (κ3) is 3.37. The van der Waals surface area contributed by atoms with E-state index in [1.165, 1.54) is 39.3 Å². The smallest absolute Gasteiger partial charge is 0.337 e. The van der Waals surface area contributed by atoms with Crippen LogP contribution in [0.3, 0.4) is 0 Å². The number of Topliss-reactive ketones (excluding diaryl/α,β-unsaturated/α-hetero) is 1. The Kier molecular flexibility index (Phi) is 5.73. The zero-order valence-electron chi connectivity index (χ0n) is 20.5. The van der Waals surface area contributed by atoms with E-state index in [4.69, 9.17) is 28.7 Å². The van der Waals surface area contributed by atoms with Gasteiger partial charge < -0.3 is 24.1 Å². The summed E-state index contributed by atoms with van der Waals surface area (Å²) in [4.78, 5) is 24.8. The van der Waals surface area contributed by atoms with Crippen LogP contribution in [0, 0.1) is 17.8 Å². The molecule has 4 aliphatic heterocycles. The van der Waals surface area contributed by atoms with E-state index in [1.807, 2.05) is 0 Å². The molecular weight excluding hydrogens is 466 g/mol. The molecule has 4 heterocycles. The average Bonchev–Trinajstić information content (AvgIpc) is 2.92. The molecule has 1 aliphatic carbocycles. The molecule has 5 aliphatic rings. The number of alkyl halides is 2. The molecule has 5 fully saturated rings. The summed E-state index contributed by atoms with van der Waals surface area (Å²) >= 11 is 0. The first-order valence-electron chi connectivity index (χ1n) is 12.0. The van der Waals surface area contributed by atoms with E-state index >= 15 is 8.78 Å². The van der Waals surface area contributed by atoms with Crippen LogP contribution >= 0.6 is 0 Å². The molecule has 0 amide bonds. The molecule has 0 radical (unpaired) electrons. The lowest BCUT2D eigenvalue weighted by atomic mass is 9.58. The van der Waals surface area contributed by atoms with E-state index in [9.17, 15) is 9.90 Å². The molecule has 194 valence electrons. The molecular formula is C25H32F2O8. The van der Waals surface area contributed by atoms with Crippen molar-refractivity contribution in [3.8, 4) is 11.5 Å². The first-order chi connectivity index (χ1) is 16.4. The summed E-state index contributed by atoms with van der Waals surface area (Å²) in [6.07, 6.45) is -1.05. The number of benzene rings is 1. The van der Waals surface area contributed by atoms with Crippen LogP contribution in [0.15, 0.2) is 18.2 Å². The Balaban J connectivity index is 1.53. The predicted molar refractivity (Wildman–Crippen MR) is 117 cm³/mol. The van der Waals surface area contributed by atoms with Gasteiger partial charge in [0.1, 0.15) is 17.1 Å². The van der Waals surface area contributed by atoms with Gasteiger partial charge in [-0.3, -0.25) is 4.79 Å². The van der Waals surface area contributed by atoms with Crippen molar-refractivity contribution in [3.63, 3.8) is 0 Å². The number of ether oxygens (including phenoxy) is 4. The van der Waals surface area contributed by atoms with Crippen LogP contribution in [0.1, 0.15) is 56.8 Å². The molecule has 1 aromatic carbocycles. The topological polar surface area (TPSA) is 92.7 Å². The zero-order valence-corrected chi connectivity index (χ0v) is 20.5. The fourth-order valence-electron chi connectivity index (χ4n) is 6.66. The minimum absolute atomic E-state index is 0.0536. The van der Waals surface area contributed by atoms with Gasteiger partial charge in [0.15, 0.2) is 18.0 Å². The molecule has 4 saturated heterocycles. The van der Waals surface area contributed by atoms with Crippen LogP contribution in [-0.4, -0.2) is 60.4 Å². The van der Waals surface area contributed by atoms with E-state index in [-0.39, 0.29) is 23.3 Å². The summed E-state index contributed by atoms with van der Waals surface area (Å²) in [6.45, 7) is 5.22. The van der Waals surface area contributed by atoms with Crippen LogP contribution in [0.2, 0.25) is 0 Å². The molecule has 2 bridgehead atoms. The van der Waals surface area contributed by atoms with Crippen LogP contribution in [0.4, 0.5) is 8.78 Å². The van der Waals surface area contributed by atoms with Gasteiger partial charge in [-0.05, 0) is 63.1 Å². The second kappa shape index (κ2) is 8.08. The quantitative estimate of drug-likeness (QED) is 0.467. The molecule has 1 N–H and O–H groups in total. The summed E-state index contributed by atoms with van der Waals surface area (Å²) < 4.78 is 54.2. The highest BCUT2D eigenvalue weighted by atomic mass is 19.3. The largest absolute Gasteiger partial charge is 0.497 e. The van der Waals surface area contributed by atoms with Crippen LogP contribution in [-0.2, 0) is 19.2 Å². The number of rotatable bonds is 6. The van der Waals surface area contributed by atoms with Crippen molar-refractivity contribution in [1.29, 1.82) is 0 Å². The molecule has 1 saturated carbocycles. The molecule has 0 aromatic heterocycles. The SMILES string of the molecule is COc1ccc(OC)c(C(=O)C(F)(F)C(O)[C@@]2(C)O[C@@H]3O[C@@]4(C)CC[C@H]5[C@H](C)CC[C@@H]2[C@@]35OO4)c1. The number of hydrogen-bond donors (Lipinski definition) is 1. The van der Waals surface area contributed by atoms with E-state index in [0.29, 0.717) is 19.3 Å². The summed E-state index contributed by atoms with van der Waals surface area (Å²) in [5.41, 5.74) is -3.40. The molecule has 35 heavy (non-hydrogen) atoms. The van der Waals surface area contributed by atoms with Crippen molar-refractivity contribution in [2.24, 2.45) is 17.8 Å². The highest BCUT2D eigenvalue weighted by Crippen LogP contribution is 2.64. The number of carbonyl (C=O) groups excluding carboxylic acids is 1. The van der Waals surface area contributed by atoms with Gasteiger partial charge in [0, 0.05) is 12.3 Å². The van der Waals surface area contributed by atoms with Gasteiger partial charge in [0.05, 0.1) is 19.8 Å². The Bertz CT molecular complexity index is 1020. The number of aliphatic hydroxyl groups is 1. The number of carbonyl (C=O) groups is 1. The van der Waals surface area contributed by atoms with E-state index in [0.717, 1.165) is 6.42 Å². The Morgan fingerprint density at radius 1 is 1.14 bits per heavy atom. The van der Waals surface area contributed by atoms with Crippen LogP contribution in [0.25, 0.3) is 0 Å². The second-order valence-electron chi connectivity index (χ2n) is 10.6. The van der Waals surface area contributed by atoms with E-state index in [1.54, 1.807) is 6.92 Å². The molecule has 8 nitrogen and oxygen atoms in total. The second-order valence-corrected chi connectivity index (χ2v) is 10.6. The lowest BCUT2D eigenvalue weighted by Crippen LogP contribution is -2.64. The lowest BCUT2D eigenvalue weighted by Gasteiger charge is -2.51. The van der Waals surface area contributed by atoms with Gasteiger partial charge in [-0.2, -0.15) is 8.78 Å². The molecule has 8 atom stereocenters. The third-order valence-electron chi connectivity index (χ3n) is 8.61. The maximum Gasteiger partial charge on any atom is 0.337 e. The summed E-state index contributed by atoms with van der Waals surface area (Å²) in [6, 6.07) is 4.03. The first-order valence-corrected chi connectivity index (χ1v) is 12.0. The number of fused-ring (bicyclic) bond motifs is 2. The Labute approximate surface area is 202 Å². The molecule has 1 unspecified atom stereocenters. The minimum atomic E-state index is -4.21. The monoisotopic (exact) mass is 498 g/mol. The highest BCUT2D eigenvalue weighted by molar-refractivity contribution is 6.04. The molecule has 1 spiro atoms. The zero-order chi connectivity index (χ0) is 25.4. The van der Waals surface area contributed by atoms with Gasteiger partial charge in [-0.15, -0.1) is 0 Å². The van der Waals surface area contributed by atoms with E-state index < -0.39 is 52.6 Å². The number of hydrogen-bond acceptors (Lipinski definition) is 8. The molecule has 6 rings (SSSR count). The first kappa shape index (κ1) is 24.8. The van der Waals surface area contributed by atoms with E-state index in [2.05, 4.69) is 6.92 Å². The standard InChI is InChI=1S/C25H32F2O8/c1-13-6-9-18-23(3,33-21-24(18)16(13)10-11-22(2,32-21)34-35-24)20(29)25(26,27)19(28)15-12-14(30-4)7-8-17(15)31-5/h7-8,12-13,16,18,20-21,29H,6,9-11H2,1-5H3/t13-,16+,18+,20?,21+,22-,23+,24-/m1/s1. The molecule has 1 aromatic rings. The average molecular weight is 499 g/mol. The van der Waals surface area contributed by atoms with Crippen molar-refractivity contribution in [2.45, 2.75) is 81.8 Å². The van der Waals surface area contributed by atoms with Crippen LogP contribution in [0.5, 0.6) is 11.5 Å². The number of halogens is 2.